The van der Waals surface area contributed by atoms with Crippen molar-refractivity contribution in [2.24, 2.45) is 0 Å². The summed E-state index contributed by atoms with van der Waals surface area (Å²) in [6, 6.07) is 11.9. The van der Waals surface area contributed by atoms with E-state index >= 15 is 0 Å². The number of aryl methyl sites for hydroxylation is 1. The normalized spacial score (nSPS) is 11.6. The third-order valence-corrected chi connectivity index (χ3v) is 3.48. The molecule has 0 atom stereocenters. The molecule has 0 unspecified atom stereocenters. The van der Waals surface area contributed by atoms with Gasteiger partial charge in [0, 0.05) is 16.2 Å². The van der Waals surface area contributed by atoms with Gasteiger partial charge in [0.05, 0.1) is 16.9 Å². The van der Waals surface area contributed by atoms with Crippen molar-refractivity contribution >= 4 is 38.5 Å². The molecule has 4 nitrogen and oxygen atoms in total. The van der Waals surface area contributed by atoms with Crippen LogP contribution in [0.2, 0.25) is 0 Å². The van der Waals surface area contributed by atoms with E-state index in [0.29, 0.717) is 5.69 Å². The lowest BCUT2D eigenvalue weighted by molar-refractivity contribution is 0.669. The topological polar surface area (TPSA) is 64.9 Å². The Morgan fingerprint density at radius 1 is 0.947 bits per heavy atom. The maximum Gasteiger partial charge on any atom is 0.136 e. The van der Waals surface area contributed by atoms with Gasteiger partial charge in [0.1, 0.15) is 11.2 Å². The van der Waals surface area contributed by atoms with Gasteiger partial charge >= 0.3 is 0 Å². The summed E-state index contributed by atoms with van der Waals surface area (Å²) >= 11 is 0. The van der Waals surface area contributed by atoms with E-state index in [1.165, 1.54) is 0 Å². The van der Waals surface area contributed by atoms with Crippen molar-refractivity contribution in [2.45, 2.75) is 6.92 Å². The van der Waals surface area contributed by atoms with Crippen LogP contribution in [0.5, 0.6) is 0 Å². The third kappa shape index (κ3) is 1.34. The molecular formula is C15H11N3O. The molecule has 2 aromatic heterocycles. The van der Waals surface area contributed by atoms with Gasteiger partial charge in [0.25, 0.3) is 0 Å². The fourth-order valence-electron chi connectivity index (χ4n) is 2.44. The Kier molecular flexibility index (Phi) is 1.87. The minimum Gasteiger partial charge on any atom is -0.456 e. The summed E-state index contributed by atoms with van der Waals surface area (Å²) in [7, 11) is 0. The first kappa shape index (κ1) is 10.3. The molecule has 0 radical (unpaired) electrons. The van der Waals surface area contributed by atoms with E-state index in [1.807, 2.05) is 43.3 Å². The first-order chi connectivity index (χ1) is 9.24. The molecule has 0 aliphatic carbocycles. The zero-order valence-electron chi connectivity index (χ0n) is 10.3. The predicted molar refractivity (Wildman–Crippen MR) is 76.0 cm³/mol. The summed E-state index contributed by atoms with van der Waals surface area (Å²) in [5.41, 5.74) is 9.95. The second-order valence-corrected chi connectivity index (χ2v) is 4.66. The van der Waals surface area contributed by atoms with E-state index in [9.17, 15) is 0 Å². The molecule has 0 fully saturated rings. The summed E-state index contributed by atoms with van der Waals surface area (Å²) in [4.78, 5) is 0. The van der Waals surface area contributed by atoms with Crippen molar-refractivity contribution in [1.29, 1.82) is 0 Å². The average molecular weight is 249 g/mol. The molecule has 92 valence electrons. The van der Waals surface area contributed by atoms with E-state index < -0.39 is 0 Å². The number of para-hydroxylation sites is 1. The molecule has 19 heavy (non-hydrogen) atoms. The minimum atomic E-state index is 0.660. The van der Waals surface area contributed by atoms with Crippen molar-refractivity contribution < 1.29 is 4.42 Å². The Morgan fingerprint density at radius 3 is 2.68 bits per heavy atom. The number of fused-ring (bicyclic) bond motifs is 4. The van der Waals surface area contributed by atoms with Crippen molar-refractivity contribution in [1.82, 2.24) is 10.2 Å². The van der Waals surface area contributed by atoms with E-state index in [4.69, 9.17) is 10.2 Å². The highest BCUT2D eigenvalue weighted by atomic mass is 16.3. The van der Waals surface area contributed by atoms with Crippen LogP contribution < -0.4 is 5.73 Å². The van der Waals surface area contributed by atoms with Crippen LogP contribution in [0.15, 0.2) is 40.8 Å². The number of nitrogen functional groups attached to an aromatic ring is 1. The Balaban J connectivity index is 2.24. The van der Waals surface area contributed by atoms with Crippen LogP contribution in [0.25, 0.3) is 32.8 Å². The number of furan rings is 1. The monoisotopic (exact) mass is 249 g/mol. The van der Waals surface area contributed by atoms with Crippen LogP contribution in [-0.2, 0) is 0 Å². The Morgan fingerprint density at radius 2 is 1.79 bits per heavy atom. The molecule has 2 N–H and O–H groups in total. The summed E-state index contributed by atoms with van der Waals surface area (Å²) < 4.78 is 5.85. The maximum atomic E-state index is 6.06. The number of rotatable bonds is 0. The van der Waals surface area contributed by atoms with Crippen LogP contribution in [0.1, 0.15) is 5.69 Å². The van der Waals surface area contributed by atoms with Crippen LogP contribution in [0.4, 0.5) is 5.69 Å². The van der Waals surface area contributed by atoms with Crippen molar-refractivity contribution in [3.63, 3.8) is 0 Å². The molecule has 0 saturated heterocycles. The van der Waals surface area contributed by atoms with Crippen LogP contribution >= 0.6 is 0 Å². The SMILES string of the molecule is Cc1nnc2cc3c(cc2c1N)oc1ccccc13. The number of anilines is 1. The molecule has 0 aliphatic heterocycles. The molecule has 0 saturated carbocycles. The highest BCUT2D eigenvalue weighted by Gasteiger charge is 2.11. The van der Waals surface area contributed by atoms with Gasteiger partial charge in [0.2, 0.25) is 0 Å². The quantitative estimate of drug-likeness (QED) is 0.518. The van der Waals surface area contributed by atoms with Gasteiger partial charge in [-0.1, -0.05) is 18.2 Å². The molecule has 4 heteroatoms. The lowest BCUT2D eigenvalue weighted by Crippen LogP contribution is -1.97. The predicted octanol–water partition coefficient (Wildman–Crippen LogP) is 3.42. The van der Waals surface area contributed by atoms with E-state index in [0.717, 1.165) is 38.5 Å². The zero-order chi connectivity index (χ0) is 13.0. The Labute approximate surface area is 108 Å². The summed E-state index contributed by atoms with van der Waals surface area (Å²) in [5.74, 6) is 0. The van der Waals surface area contributed by atoms with Gasteiger partial charge in [-0.15, -0.1) is 0 Å². The number of nitrogens with two attached hydrogens (primary N) is 1. The van der Waals surface area contributed by atoms with E-state index in [1.54, 1.807) is 0 Å². The lowest BCUT2D eigenvalue weighted by atomic mass is 10.1. The minimum absolute atomic E-state index is 0.660. The molecule has 4 aromatic rings. The van der Waals surface area contributed by atoms with Crippen LogP contribution in [0.3, 0.4) is 0 Å². The summed E-state index contributed by atoms with van der Waals surface area (Å²) in [6.45, 7) is 1.85. The van der Waals surface area contributed by atoms with Crippen LogP contribution in [0, 0.1) is 6.92 Å². The number of hydrogen-bond acceptors (Lipinski definition) is 4. The number of hydrogen-bond donors (Lipinski definition) is 1. The van der Waals surface area contributed by atoms with E-state index in [-0.39, 0.29) is 0 Å². The second-order valence-electron chi connectivity index (χ2n) is 4.66. The molecule has 0 aliphatic rings. The van der Waals surface area contributed by atoms with Gasteiger partial charge in [-0.25, -0.2) is 0 Å². The Bertz CT molecular complexity index is 940. The van der Waals surface area contributed by atoms with Crippen molar-refractivity contribution in [3.8, 4) is 0 Å². The van der Waals surface area contributed by atoms with Crippen molar-refractivity contribution in [2.75, 3.05) is 5.73 Å². The summed E-state index contributed by atoms with van der Waals surface area (Å²) in [5, 5.41) is 11.3. The van der Waals surface area contributed by atoms with Gasteiger partial charge in [-0.3, -0.25) is 0 Å². The molecule has 2 heterocycles. The Hall–Kier alpha value is -2.62. The number of nitrogens with zero attached hydrogens (tertiary/aromatic N) is 2. The average Bonchev–Trinajstić information content (AvgIpc) is 2.79. The number of benzene rings is 2. The first-order valence-electron chi connectivity index (χ1n) is 6.08. The van der Waals surface area contributed by atoms with E-state index in [2.05, 4.69) is 10.2 Å². The largest absolute Gasteiger partial charge is 0.456 e. The molecule has 0 amide bonds. The standard InChI is InChI=1S/C15H11N3O/c1-8-15(16)11-7-14-10(6-12(11)18-17-8)9-4-2-3-5-13(9)19-14/h2-7H,1H3,(H2,16,18). The maximum absolute atomic E-state index is 6.06. The van der Waals surface area contributed by atoms with Gasteiger partial charge in [-0.2, -0.15) is 10.2 Å². The first-order valence-corrected chi connectivity index (χ1v) is 6.08. The summed E-state index contributed by atoms with van der Waals surface area (Å²) in [6.07, 6.45) is 0. The molecule has 2 aromatic carbocycles. The lowest BCUT2D eigenvalue weighted by Gasteiger charge is -2.03. The number of aromatic nitrogens is 2. The third-order valence-electron chi connectivity index (χ3n) is 3.48. The molecule has 4 rings (SSSR count). The van der Waals surface area contributed by atoms with Crippen molar-refractivity contribution in [3.05, 3.63) is 42.1 Å². The molecular weight excluding hydrogens is 238 g/mol. The molecule has 0 spiro atoms. The highest BCUT2D eigenvalue weighted by Crippen LogP contribution is 2.33. The van der Waals surface area contributed by atoms with Gasteiger partial charge in [0.15, 0.2) is 0 Å². The van der Waals surface area contributed by atoms with Gasteiger partial charge < -0.3 is 10.2 Å². The smallest absolute Gasteiger partial charge is 0.136 e. The fraction of sp³-hybridized carbons (Fsp3) is 0.0667. The molecule has 0 bridgehead atoms. The van der Waals surface area contributed by atoms with Gasteiger partial charge in [-0.05, 0) is 25.1 Å². The fourth-order valence-corrected chi connectivity index (χ4v) is 2.44. The second kappa shape index (κ2) is 3.45. The highest BCUT2D eigenvalue weighted by molar-refractivity contribution is 6.10. The van der Waals surface area contributed by atoms with Crippen LogP contribution in [-0.4, -0.2) is 10.2 Å². The zero-order valence-corrected chi connectivity index (χ0v) is 10.3.